The highest BCUT2D eigenvalue weighted by Gasteiger charge is 2.15. The summed E-state index contributed by atoms with van der Waals surface area (Å²) in [6.07, 6.45) is 0.923. The second-order valence-corrected chi connectivity index (χ2v) is 5.04. The first kappa shape index (κ1) is 17.2. The van der Waals surface area contributed by atoms with Gasteiger partial charge in [0.2, 0.25) is 5.96 Å². The fourth-order valence-electron chi connectivity index (χ4n) is 1.65. The monoisotopic (exact) mass is 258 g/mol. The Morgan fingerprint density at radius 2 is 2.00 bits per heavy atom. The van der Waals surface area contributed by atoms with Crippen LogP contribution in [0.1, 0.15) is 41.0 Å². The highest BCUT2D eigenvalue weighted by molar-refractivity contribution is 5.79. The molecule has 0 saturated heterocycles. The molecule has 5 heteroatoms. The van der Waals surface area contributed by atoms with E-state index in [0.717, 1.165) is 38.7 Å². The van der Waals surface area contributed by atoms with Gasteiger partial charge in [-0.15, -0.1) is 0 Å². The second-order valence-electron chi connectivity index (χ2n) is 5.04. The van der Waals surface area contributed by atoms with Gasteiger partial charge in [-0.05, 0) is 33.1 Å². The van der Waals surface area contributed by atoms with Crippen LogP contribution in [0.2, 0.25) is 0 Å². The number of nitrogens with one attached hydrogen (secondary N) is 1. The fourth-order valence-corrected chi connectivity index (χ4v) is 1.65. The lowest BCUT2D eigenvalue weighted by Crippen LogP contribution is -2.49. The molecule has 0 heterocycles. The van der Waals surface area contributed by atoms with E-state index in [1.54, 1.807) is 0 Å². The van der Waals surface area contributed by atoms with Crippen LogP contribution in [0.5, 0.6) is 0 Å². The van der Waals surface area contributed by atoms with E-state index in [2.05, 4.69) is 43.0 Å². The quantitative estimate of drug-likeness (QED) is 0.228. The second kappa shape index (κ2) is 10.1. The molecule has 0 unspecified atom stereocenters. The predicted molar refractivity (Wildman–Crippen MR) is 77.4 cm³/mol. The molecule has 0 aromatic heterocycles. The number of guanidine groups is 1. The fraction of sp³-hybridized carbons (Fsp3) is 0.923. The minimum atomic E-state index is 0.383. The van der Waals surface area contributed by atoms with Gasteiger partial charge in [-0.2, -0.15) is 0 Å². The van der Waals surface area contributed by atoms with Gasteiger partial charge in [-0.1, -0.05) is 13.8 Å². The highest BCUT2D eigenvalue weighted by atomic mass is 16.5. The Balaban J connectivity index is 4.34. The molecule has 108 valence electrons. The van der Waals surface area contributed by atoms with Crippen LogP contribution in [0.15, 0.2) is 4.99 Å². The van der Waals surface area contributed by atoms with Gasteiger partial charge >= 0.3 is 0 Å². The molecule has 0 aromatic rings. The van der Waals surface area contributed by atoms with E-state index >= 15 is 0 Å². The van der Waals surface area contributed by atoms with Gasteiger partial charge in [0.05, 0.1) is 0 Å². The van der Waals surface area contributed by atoms with Crippen molar-refractivity contribution in [3.63, 3.8) is 0 Å². The molecular weight excluding hydrogens is 228 g/mol. The first-order chi connectivity index (χ1) is 8.52. The lowest BCUT2D eigenvalue weighted by molar-refractivity contribution is 0.146. The van der Waals surface area contributed by atoms with E-state index in [-0.39, 0.29) is 0 Å². The molecule has 0 saturated carbocycles. The van der Waals surface area contributed by atoms with Crippen LogP contribution in [0.25, 0.3) is 0 Å². The Labute approximate surface area is 112 Å². The van der Waals surface area contributed by atoms with Crippen molar-refractivity contribution in [3.05, 3.63) is 0 Å². The van der Waals surface area contributed by atoms with Crippen molar-refractivity contribution < 1.29 is 4.74 Å². The molecule has 5 nitrogen and oxygen atoms in total. The molecule has 0 rings (SSSR count). The molecule has 0 fully saturated rings. The normalized spacial score (nSPS) is 12.3. The van der Waals surface area contributed by atoms with Crippen LogP contribution in [0.4, 0.5) is 0 Å². The molecule has 18 heavy (non-hydrogen) atoms. The van der Waals surface area contributed by atoms with Crippen molar-refractivity contribution in [1.82, 2.24) is 10.3 Å². The summed E-state index contributed by atoms with van der Waals surface area (Å²) in [5.74, 6) is 6.93. The Kier molecular flexibility index (Phi) is 9.69. The molecule has 0 aromatic carbocycles. The summed E-state index contributed by atoms with van der Waals surface area (Å²) < 4.78 is 5.29. The van der Waals surface area contributed by atoms with Crippen molar-refractivity contribution in [1.29, 1.82) is 0 Å². The molecule has 0 atom stereocenters. The Morgan fingerprint density at radius 1 is 1.33 bits per heavy atom. The maximum atomic E-state index is 5.57. The van der Waals surface area contributed by atoms with Crippen LogP contribution < -0.4 is 11.3 Å². The summed E-state index contributed by atoms with van der Waals surface area (Å²) in [6, 6.07) is 0.383. The number of nitrogens with zero attached hydrogens (tertiary/aromatic N) is 2. The summed E-state index contributed by atoms with van der Waals surface area (Å²) in [4.78, 5) is 6.71. The van der Waals surface area contributed by atoms with Gasteiger partial charge in [0, 0.05) is 32.3 Å². The molecule has 3 N–H and O–H groups in total. The van der Waals surface area contributed by atoms with Crippen molar-refractivity contribution in [2.75, 3.05) is 26.3 Å². The molecular formula is C13H30N4O. The minimum Gasteiger partial charge on any atom is -0.382 e. The third-order valence-electron chi connectivity index (χ3n) is 2.50. The number of ether oxygens (including phenoxy) is 1. The molecule has 0 bridgehead atoms. The van der Waals surface area contributed by atoms with Gasteiger partial charge in [-0.25, -0.2) is 5.84 Å². The van der Waals surface area contributed by atoms with Crippen LogP contribution in [-0.4, -0.2) is 43.2 Å². The number of hydrogen-bond acceptors (Lipinski definition) is 3. The van der Waals surface area contributed by atoms with Gasteiger partial charge in [0.25, 0.3) is 0 Å². The molecule has 0 aliphatic carbocycles. The molecule has 0 radical (unpaired) electrons. The number of hydrogen-bond donors (Lipinski definition) is 2. The summed E-state index contributed by atoms with van der Waals surface area (Å²) in [7, 11) is 0. The first-order valence-electron chi connectivity index (χ1n) is 6.88. The van der Waals surface area contributed by atoms with Gasteiger partial charge in [-0.3, -0.25) is 10.4 Å². The molecule has 0 spiro atoms. The summed E-state index contributed by atoms with van der Waals surface area (Å²) in [5, 5.41) is 0. The van der Waals surface area contributed by atoms with E-state index in [0.29, 0.717) is 12.0 Å². The van der Waals surface area contributed by atoms with Crippen molar-refractivity contribution in [2.24, 2.45) is 16.8 Å². The van der Waals surface area contributed by atoms with Gasteiger partial charge < -0.3 is 9.64 Å². The number of rotatable bonds is 8. The topological polar surface area (TPSA) is 62.9 Å². The lowest BCUT2D eigenvalue weighted by Gasteiger charge is -2.31. The smallest absolute Gasteiger partial charge is 0.208 e. The predicted octanol–water partition coefficient (Wildman–Crippen LogP) is 1.60. The van der Waals surface area contributed by atoms with E-state index < -0.39 is 0 Å². The summed E-state index contributed by atoms with van der Waals surface area (Å²) in [6.45, 7) is 13.9. The average molecular weight is 258 g/mol. The number of hydrazine groups is 1. The van der Waals surface area contributed by atoms with Gasteiger partial charge in [0.1, 0.15) is 0 Å². The van der Waals surface area contributed by atoms with E-state index in [4.69, 9.17) is 10.6 Å². The third-order valence-corrected chi connectivity index (χ3v) is 2.50. The van der Waals surface area contributed by atoms with Crippen molar-refractivity contribution in [3.8, 4) is 0 Å². The lowest BCUT2D eigenvalue weighted by atomic mass is 10.2. The zero-order chi connectivity index (χ0) is 14.0. The Hall–Kier alpha value is -0.810. The summed E-state index contributed by atoms with van der Waals surface area (Å²) >= 11 is 0. The largest absolute Gasteiger partial charge is 0.382 e. The zero-order valence-electron chi connectivity index (χ0n) is 12.6. The van der Waals surface area contributed by atoms with Crippen LogP contribution in [0.3, 0.4) is 0 Å². The minimum absolute atomic E-state index is 0.383. The zero-order valence-corrected chi connectivity index (χ0v) is 12.6. The first-order valence-corrected chi connectivity index (χ1v) is 6.88. The SMILES string of the molecule is CCOCCCN=C(NN)N(CC(C)C)C(C)C. The van der Waals surface area contributed by atoms with Gasteiger partial charge in [0.15, 0.2) is 0 Å². The van der Waals surface area contributed by atoms with Crippen molar-refractivity contribution >= 4 is 5.96 Å². The maximum absolute atomic E-state index is 5.57. The van der Waals surface area contributed by atoms with E-state index in [1.165, 1.54) is 0 Å². The molecule has 0 aliphatic rings. The number of nitrogens with two attached hydrogens (primary N) is 1. The van der Waals surface area contributed by atoms with Crippen LogP contribution >= 0.6 is 0 Å². The van der Waals surface area contributed by atoms with Crippen LogP contribution in [0, 0.1) is 5.92 Å². The third kappa shape index (κ3) is 7.50. The molecule has 0 amide bonds. The van der Waals surface area contributed by atoms with E-state index in [1.807, 2.05) is 6.92 Å². The van der Waals surface area contributed by atoms with Crippen molar-refractivity contribution in [2.45, 2.75) is 47.1 Å². The Morgan fingerprint density at radius 3 is 2.44 bits per heavy atom. The number of aliphatic imine (C=N–C) groups is 1. The summed E-state index contributed by atoms with van der Waals surface area (Å²) in [5.41, 5.74) is 2.71. The molecule has 0 aliphatic heterocycles. The maximum Gasteiger partial charge on any atom is 0.208 e. The van der Waals surface area contributed by atoms with Crippen LogP contribution in [-0.2, 0) is 4.74 Å². The average Bonchev–Trinajstić information content (AvgIpc) is 2.31. The Bertz CT molecular complexity index is 229. The standard InChI is InChI=1S/C13H30N4O/c1-6-18-9-7-8-15-13(16-14)17(12(4)5)10-11(2)3/h11-12H,6-10,14H2,1-5H3,(H,15,16). The highest BCUT2D eigenvalue weighted by Crippen LogP contribution is 2.04. The van der Waals surface area contributed by atoms with E-state index in [9.17, 15) is 0 Å².